The van der Waals surface area contributed by atoms with Gasteiger partial charge >= 0.3 is 0 Å². The zero-order valence-corrected chi connectivity index (χ0v) is 6.90. The van der Waals surface area contributed by atoms with E-state index in [1.165, 1.54) is 0 Å². The van der Waals surface area contributed by atoms with Crippen LogP contribution in [0.4, 0.5) is 0 Å². The summed E-state index contributed by atoms with van der Waals surface area (Å²) in [5.74, 6) is 0. The Morgan fingerprint density at radius 1 is 1.44 bits per heavy atom. The minimum atomic E-state index is -0.0168. The topological polar surface area (TPSA) is 9.23 Å². The molecule has 0 rings (SSSR count). The highest BCUT2D eigenvalue weighted by Crippen LogP contribution is 2.11. The fourth-order valence-electron chi connectivity index (χ4n) is 0.662. The van der Waals surface area contributed by atoms with E-state index in [9.17, 15) is 0 Å². The molecule has 1 atom stereocenters. The molecular formula is C8H17O. The van der Waals surface area contributed by atoms with E-state index in [2.05, 4.69) is 27.7 Å². The van der Waals surface area contributed by atoms with Gasteiger partial charge in [-0.05, 0) is 34.1 Å². The molecule has 0 bridgehead atoms. The Labute approximate surface area is 58.4 Å². The largest absolute Gasteiger partial charge is 0.373 e. The fourth-order valence-corrected chi connectivity index (χ4v) is 0.662. The van der Waals surface area contributed by atoms with Crippen molar-refractivity contribution < 1.29 is 4.74 Å². The third-order valence-electron chi connectivity index (χ3n) is 0.961. The lowest BCUT2D eigenvalue weighted by Gasteiger charge is -2.23. The van der Waals surface area contributed by atoms with Gasteiger partial charge in [-0.3, -0.25) is 0 Å². The van der Waals surface area contributed by atoms with Crippen LogP contribution in [0.25, 0.3) is 0 Å². The summed E-state index contributed by atoms with van der Waals surface area (Å²) in [5, 5.41) is 0. The van der Waals surface area contributed by atoms with Crippen molar-refractivity contribution in [3.05, 3.63) is 6.92 Å². The lowest BCUT2D eigenvalue weighted by Crippen LogP contribution is -2.24. The average molecular weight is 129 g/mol. The fraction of sp³-hybridized carbons (Fsp3) is 0.875. The highest BCUT2D eigenvalue weighted by atomic mass is 16.5. The first kappa shape index (κ1) is 8.96. The zero-order chi connectivity index (χ0) is 7.49. The van der Waals surface area contributed by atoms with Crippen LogP contribution >= 0.6 is 0 Å². The lowest BCUT2D eigenvalue weighted by molar-refractivity contribution is -0.0496. The van der Waals surface area contributed by atoms with Crippen molar-refractivity contribution >= 4 is 0 Å². The maximum atomic E-state index is 5.52. The van der Waals surface area contributed by atoms with Crippen LogP contribution in [-0.4, -0.2) is 11.7 Å². The molecule has 9 heavy (non-hydrogen) atoms. The predicted octanol–water partition coefficient (Wildman–Crippen LogP) is 2.41. The molecule has 0 amide bonds. The molecule has 0 aliphatic heterocycles. The van der Waals surface area contributed by atoms with Crippen LogP contribution in [0.1, 0.15) is 34.1 Å². The molecule has 0 aromatic rings. The van der Waals surface area contributed by atoms with Crippen LogP contribution < -0.4 is 0 Å². The SMILES string of the molecule is [CH2]CC(C)OC(C)(C)C. The number of rotatable bonds is 2. The van der Waals surface area contributed by atoms with E-state index >= 15 is 0 Å². The average Bonchev–Trinajstić information content (AvgIpc) is 1.62. The molecular weight excluding hydrogens is 112 g/mol. The molecule has 0 aliphatic carbocycles. The second kappa shape index (κ2) is 3.21. The summed E-state index contributed by atoms with van der Waals surface area (Å²) in [6.07, 6.45) is 1.13. The van der Waals surface area contributed by atoms with Crippen molar-refractivity contribution in [2.75, 3.05) is 0 Å². The lowest BCUT2D eigenvalue weighted by atomic mass is 10.2. The first-order chi connectivity index (χ1) is 3.95. The Bertz CT molecular complexity index is 71.1. The van der Waals surface area contributed by atoms with E-state index in [1.807, 2.05) is 6.92 Å². The van der Waals surface area contributed by atoms with Crippen molar-refractivity contribution in [2.24, 2.45) is 0 Å². The second-order valence-corrected chi connectivity index (χ2v) is 3.33. The molecule has 1 unspecified atom stereocenters. The molecule has 1 heteroatoms. The van der Waals surface area contributed by atoms with Gasteiger partial charge in [0.1, 0.15) is 0 Å². The molecule has 0 N–H and O–H groups in total. The van der Waals surface area contributed by atoms with Crippen LogP contribution in [-0.2, 0) is 4.74 Å². The van der Waals surface area contributed by atoms with Crippen molar-refractivity contribution in [1.29, 1.82) is 0 Å². The van der Waals surface area contributed by atoms with Gasteiger partial charge in [-0.15, -0.1) is 0 Å². The second-order valence-electron chi connectivity index (χ2n) is 3.33. The Hall–Kier alpha value is -0.0400. The molecule has 0 saturated carbocycles. The molecule has 1 radical (unpaired) electrons. The van der Waals surface area contributed by atoms with Crippen LogP contribution in [0.3, 0.4) is 0 Å². The molecule has 0 fully saturated rings. The molecule has 55 valence electrons. The summed E-state index contributed by atoms with van der Waals surface area (Å²) in [5.41, 5.74) is -0.0168. The minimum absolute atomic E-state index is 0.0168. The third kappa shape index (κ3) is 5.84. The number of ether oxygens (including phenoxy) is 1. The maximum Gasteiger partial charge on any atom is 0.0602 e. The van der Waals surface area contributed by atoms with Gasteiger partial charge in [0.05, 0.1) is 11.7 Å². The molecule has 1 nitrogen and oxygen atoms in total. The van der Waals surface area contributed by atoms with Crippen LogP contribution in [0, 0.1) is 6.92 Å². The van der Waals surface area contributed by atoms with Crippen molar-refractivity contribution in [1.82, 2.24) is 0 Å². The molecule has 0 heterocycles. The maximum absolute atomic E-state index is 5.52. The summed E-state index contributed by atoms with van der Waals surface area (Å²) < 4.78 is 5.52. The number of hydrogen-bond donors (Lipinski definition) is 0. The van der Waals surface area contributed by atoms with E-state index in [0.29, 0.717) is 0 Å². The minimum Gasteiger partial charge on any atom is -0.373 e. The third-order valence-corrected chi connectivity index (χ3v) is 0.961. The quantitative estimate of drug-likeness (QED) is 0.556. The van der Waals surface area contributed by atoms with Gasteiger partial charge in [-0.1, -0.05) is 6.92 Å². The molecule has 0 aromatic carbocycles. The summed E-state index contributed by atoms with van der Waals surface area (Å²) in [4.78, 5) is 0. The van der Waals surface area contributed by atoms with Gasteiger partial charge in [0.2, 0.25) is 0 Å². The first-order valence-electron chi connectivity index (χ1n) is 3.43. The normalized spacial score (nSPS) is 15.7. The zero-order valence-electron chi connectivity index (χ0n) is 6.90. The Balaban J connectivity index is 3.47. The summed E-state index contributed by atoms with van der Waals surface area (Å²) in [6, 6.07) is 0. The molecule has 0 aliphatic rings. The van der Waals surface area contributed by atoms with Gasteiger partial charge in [-0.25, -0.2) is 0 Å². The van der Waals surface area contributed by atoms with Crippen LogP contribution in [0.15, 0.2) is 0 Å². The molecule has 0 saturated heterocycles. The Morgan fingerprint density at radius 2 is 1.89 bits per heavy atom. The van der Waals surface area contributed by atoms with Gasteiger partial charge < -0.3 is 4.74 Å². The summed E-state index contributed by atoms with van der Waals surface area (Å²) in [7, 11) is 0. The predicted molar refractivity (Wildman–Crippen MR) is 40.3 cm³/mol. The van der Waals surface area contributed by atoms with E-state index in [4.69, 9.17) is 4.74 Å². The van der Waals surface area contributed by atoms with E-state index < -0.39 is 0 Å². The summed E-state index contributed by atoms with van der Waals surface area (Å²) >= 11 is 0. The highest BCUT2D eigenvalue weighted by molar-refractivity contribution is 4.63. The van der Waals surface area contributed by atoms with E-state index in [1.54, 1.807) is 0 Å². The highest BCUT2D eigenvalue weighted by Gasteiger charge is 2.12. The van der Waals surface area contributed by atoms with Gasteiger partial charge in [0.15, 0.2) is 0 Å². The smallest absolute Gasteiger partial charge is 0.0602 e. The summed E-state index contributed by atoms with van der Waals surface area (Å²) in [6.45, 7) is 11.9. The van der Waals surface area contributed by atoms with E-state index in [-0.39, 0.29) is 11.7 Å². The van der Waals surface area contributed by atoms with Crippen LogP contribution in [0.5, 0.6) is 0 Å². The number of hydrogen-bond acceptors (Lipinski definition) is 1. The van der Waals surface area contributed by atoms with Gasteiger partial charge in [-0.2, -0.15) is 0 Å². The first-order valence-corrected chi connectivity index (χ1v) is 3.43. The standard InChI is InChI=1S/C8H17O/c1-6-7(2)9-8(3,4)5/h7H,1,6H2,2-5H3. The van der Waals surface area contributed by atoms with E-state index in [0.717, 1.165) is 6.42 Å². The molecule has 0 spiro atoms. The van der Waals surface area contributed by atoms with Gasteiger partial charge in [0.25, 0.3) is 0 Å². The molecule has 0 aromatic heterocycles. The van der Waals surface area contributed by atoms with Crippen molar-refractivity contribution in [2.45, 2.75) is 45.8 Å². The van der Waals surface area contributed by atoms with Gasteiger partial charge in [0, 0.05) is 0 Å². The monoisotopic (exact) mass is 129 g/mol. The van der Waals surface area contributed by atoms with Crippen molar-refractivity contribution in [3.8, 4) is 0 Å². The Kier molecular flexibility index (Phi) is 3.20. The van der Waals surface area contributed by atoms with Crippen molar-refractivity contribution in [3.63, 3.8) is 0 Å². The van der Waals surface area contributed by atoms with Crippen LogP contribution in [0.2, 0.25) is 0 Å². The Morgan fingerprint density at radius 3 is 2.00 bits per heavy atom.